The van der Waals surface area contributed by atoms with Crippen LogP contribution in [0.25, 0.3) is 0 Å². The van der Waals surface area contributed by atoms with Gasteiger partial charge in [-0.1, -0.05) is 12.1 Å². The van der Waals surface area contributed by atoms with Gasteiger partial charge in [0.05, 0.1) is 11.7 Å². The van der Waals surface area contributed by atoms with Crippen molar-refractivity contribution < 1.29 is 19.8 Å². The Labute approximate surface area is 104 Å². The van der Waals surface area contributed by atoms with Crippen LogP contribution in [-0.4, -0.2) is 45.7 Å². The number of rotatable bonds is 2. The molecule has 2 rings (SSSR count). The first-order chi connectivity index (χ1) is 8.50. The van der Waals surface area contributed by atoms with E-state index in [9.17, 15) is 14.7 Å². The molecule has 18 heavy (non-hydrogen) atoms. The number of anilines is 1. The molecule has 0 radical (unpaired) electrons. The van der Waals surface area contributed by atoms with Crippen LogP contribution < -0.4 is 5.73 Å². The molecule has 0 saturated carbocycles. The maximum Gasteiger partial charge on any atom is 0.326 e. The number of aliphatic hydroxyl groups is 1. The van der Waals surface area contributed by atoms with Gasteiger partial charge in [0, 0.05) is 18.7 Å². The van der Waals surface area contributed by atoms with Gasteiger partial charge < -0.3 is 20.8 Å². The molecule has 0 bridgehead atoms. The molecule has 1 heterocycles. The molecule has 2 atom stereocenters. The number of nitrogen functional groups attached to an aromatic ring is 1. The van der Waals surface area contributed by atoms with Crippen LogP contribution in [0.15, 0.2) is 24.3 Å². The Morgan fingerprint density at radius 3 is 2.61 bits per heavy atom. The standard InChI is InChI=1S/C12H14N2O4/c13-9-4-2-1-3-8(9)11(16)14-6-7(15)5-10(14)12(17)18/h1-4,7,10,15H,5-6,13H2,(H,17,18)/t7-,10+/m1/s1. The number of hydrogen-bond acceptors (Lipinski definition) is 4. The van der Waals surface area contributed by atoms with Crippen molar-refractivity contribution in [1.29, 1.82) is 0 Å². The van der Waals surface area contributed by atoms with E-state index in [2.05, 4.69) is 0 Å². The van der Waals surface area contributed by atoms with Gasteiger partial charge in [0.2, 0.25) is 0 Å². The van der Waals surface area contributed by atoms with E-state index in [1.807, 2.05) is 0 Å². The third kappa shape index (κ3) is 2.14. The summed E-state index contributed by atoms with van der Waals surface area (Å²) in [5, 5.41) is 18.5. The third-order valence-electron chi connectivity index (χ3n) is 3.02. The van der Waals surface area contributed by atoms with E-state index in [1.165, 1.54) is 0 Å². The molecule has 1 aliphatic rings. The predicted molar refractivity (Wildman–Crippen MR) is 63.9 cm³/mol. The Morgan fingerprint density at radius 1 is 1.33 bits per heavy atom. The zero-order valence-electron chi connectivity index (χ0n) is 9.61. The van der Waals surface area contributed by atoms with Gasteiger partial charge in [0.1, 0.15) is 6.04 Å². The Hall–Kier alpha value is -2.08. The van der Waals surface area contributed by atoms with Crippen LogP contribution in [0.2, 0.25) is 0 Å². The molecule has 0 spiro atoms. The van der Waals surface area contributed by atoms with Crippen LogP contribution in [0, 0.1) is 0 Å². The summed E-state index contributed by atoms with van der Waals surface area (Å²) >= 11 is 0. The minimum absolute atomic E-state index is 0.0180. The lowest BCUT2D eigenvalue weighted by Crippen LogP contribution is -2.40. The fraction of sp³-hybridized carbons (Fsp3) is 0.333. The number of aliphatic hydroxyl groups excluding tert-OH is 1. The lowest BCUT2D eigenvalue weighted by atomic mass is 10.1. The molecule has 6 nitrogen and oxygen atoms in total. The average molecular weight is 250 g/mol. The number of para-hydroxylation sites is 1. The van der Waals surface area contributed by atoms with Crippen molar-refractivity contribution in [2.75, 3.05) is 12.3 Å². The highest BCUT2D eigenvalue weighted by Gasteiger charge is 2.39. The Bertz CT molecular complexity index is 489. The molecule has 4 N–H and O–H groups in total. The molecular weight excluding hydrogens is 236 g/mol. The summed E-state index contributed by atoms with van der Waals surface area (Å²) in [6, 6.07) is 5.48. The maximum absolute atomic E-state index is 12.2. The first kappa shape index (κ1) is 12.4. The van der Waals surface area contributed by atoms with Crippen LogP contribution in [0.3, 0.4) is 0 Å². The van der Waals surface area contributed by atoms with E-state index in [1.54, 1.807) is 24.3 Å². The average Bonchev–Trinajstić information content (AvgIpc) is 2.71. The van der Waals surface area contributed by atoms with Crippen molar-refractivity contribution in [3.05, 3.63) is 29.8 Å². The molecule has 1 aliphatic heterocycles. The van der Waals surface area contributed by atoms with E-state index < -0.39 is 24.0 Å². The van der Waals surface area contributed by atoms with Gasteiger partial charge >= 0.3 is 5.97 Å². The van der Waals surface area contributed by atoms with Crippen molar-refractivity contribution >= 4 is 17.6 Å². The molecule has 1 aromatic carbocycles. The van der Waals surface area contributed by atoms with Crippen molar-refractivity contribution in [2.45, 2.75) is 18.6 Å². The molecule has 0 unspecified atom stereocenters. The number of carbonyl (C=O) groups excluding carboxylic acids is 1. The molecule has 0 aliphatic carbocycles. The van der Waals surface area contributed by atoms with E-state index >= 15 is 0 Å². The quantitative estimate of drug-likeness (QED) is 0.637. The second kappa shape index (κ2) is 4.66. The minimum atomic E-state index is -1.12. The van der Waals surface area contributed by atoms with Crippen molar-refractivity contribution in [2.24, 2.45) is 0 Å². The third-order valence-corrected chi connectivity index (χ3v) is 3.02. The van der Waals surface area contributed by atoms with Gasteiger partial charge in [0.25, 0.3) is 5.91 Å². The molecule has 1 aromatic rings. The summed E-state index contributed by atoms with van der Waals surface area (Å²) in [5.74, 6) is -1.58. The molecule has 6 heteroatoms. The highest BCUT2D eigenvalue weighted by Crippen LogP contribution is 2.23. The highest BCUT2D eigenvalue weighted by molar-refractivity contribution is 6.01. The number of carbonyl (C=O) groups is 2. The van der Waals surface area contributed by atoms with E-state index in [0.717, 1.165) is 4.90 Å². The Morgan fingerprint density at radius 2 is 2.00 bits per heavy atom. The summed E-state index contributed by atoms with van der Waals surface area (Å²) in [6.07, 6.45) is -0.756. The van der Waals surface area contributed by atoms with Crippen LogP contribution in [0.4, 0.5) is 5.69 Å². The summed E-state index contributed by atoms with van der Waals surface area (Å²) in [7, 11) is 0. The van der Waals surface area contributed by atoms with Crippen LogP contribution in [0.5, 0.6) is 0 Å². The number of hydrogen-bond donors (Lipinski definition) is 3. The number of carboxylic acid groups (broad SMARTS) is 1. The lowest BCUT2D eigenvalue weighted by molar-refractivity contribution is -0.141. The normalized spacial score (nSPS) is 23.1. The topological polar surface area (TPSA) is 104 Å². The number of aliphatic carboxylic acids is 1. The minimum Gasteiger partial charge on any atom is -0.480 e. The number of likely N-dealkylation sites (tertiary alicyclic amines) is 1. The Balaban J connectivity index is 2.28. The maximum atomic E-state index is 12.2. The number of nitrogens with two attached hydrogens (primary N) is 1. The SMILES string of the molecule is Nc1ccccc1C(=O)N1C[C@H](O)C[C@H]1C(=O)O. The zero-order valence-corrected chi connectivity index (χ0v) is 9.61. The van der Waals surface area contributed by atoms with E-state index in [-0.39, 0.29) is 18.5 Å². The first-order valence-electron chi connectivity index (χ1n) is 5.57. The predicted octanol–water partition coefficient (Wildman–Crippen LogP) is -0.0712. The van der Waals surface area contributed by atoms with Crippen LogP contribution >= 0.6 is 0 Å². The number of amides is 1. The summed E-state index contributed by atoms with van der Waals surface area (Å²) in [6.45, 7) is 0.0180. The Kier molecular flexibility index (Phi) is 3.20. The second-order valence-corrected chi connectivity index (χ2v) is 4.29. The summed E-state index contributed by atoms with van der Waals surface area (Å²) in [4.78, 5) is 24.4. The van der Waals surface area contributed by atoms with Crippen LogP contribution in [0.1, 0.15) is 16.8 Å². The molecule has 96 valence electrons. The molecular formula is C12H14N2O4. The van der Waals surface area contributed by atoms with Gasteiger partial charge in [-0.2, -0.15) is 0 Å². The van der Waals surface area contributed by atoms with Gasteiger partial charge in [0.15, 0.2) is 0 Å². The number of benzene rings is 1. The smallest absolute Gasteiger partial charge is 0.326 e. The van der Waals surface area contributed by atoms with Crippen LogP contribution in [-0.2, 0) is 4.79 Å². The van der Waals surface area contributed by atoms with Gasteiger partial charge in [-0.3, -0.25) is 4.79 Å². The molecule has 1 amide bonds. The second-order valence-electron chi connectivity index (χ2n) is 4.29. The van der Waals surface area contributed by atoms with Gasteiger partial charge in [-0.25, -0.2) is 4.79 Å². The zero-order chi connectivity index (χ0) is 13.3. The fourth-order valence-electron chi connectivity index (χ4n) is 2.12. The molecule has 1 saturated heterocycles. The molecule has 1 fully saturated rings. The first-order valence-corrected chi connectivity index (χ1v) is 5.57. The fourth-order valence-corrected chi connectivity index (χ4v) is 2.12. The van der Waals surface area contributed by atoms with Gasteiger partial charge in [-0.05, 0) is 12.1 Å². The largest absolute Gasteiger partial charge is 0.480 e. The summed E-state index contributed by atoms with van der Waals surface area (Å²) < 4.78 is 0. The highest BCUT2D eigenvalue weighted by atomic mass is 16.4. The van der Waals surface area contributed by atoms with E-state index in [4.69, 9.17) is 10.8 Å². The number of nitrogens with zero attached hydrogens (tertiary/aromatic N) is 1. The van der Waals surface area contributed by atoms with Crippen molar-refractivity contribution in [1.82, 2.24) is 4.90 Å². The number of β-amino-alcohol motifs (C(OH)–C–C–N with tert-alkyl or cyclic N) is 1. The molecule has 0 aromatic heterocycles. The summed E-state index contributed by atoms with van der Waals surface area (Å²) in [5.41, 5.74) is 6.25. The van der Waals surface area contributed by atoms with E-state index in [0.29, 0.717) is 5.69 Å². The monoisotopic (exact) mass is 250 g/mol. The van der Waals surface area contributed by atoms with Crippen molar-refractivity contribution in [3.63, 3.8) is 0 Å². The lowest BCUT2D eigenvalue weighted by Gasteiger charge is -2.21. The van der Waals surface area contributed by atoms with Crippen molar-refractivity contribution in [3.8, 4) is 0 Å². The van der Waals surface area contributed by atoms with Gasteiger partial charge in [-0.15, -0.1) is 0 Å². The number of carboxylic acids is 1.